The molecule has 0 aromatic carbocycles. The van der Waals surface area contributed by atoms with Gasteiger partial charge in [-0.15, -0.1) is 0 Å². The molecule has 1 atom stereocenters. The van der Waals surface area contributed by atoms with Crippen LogP contribution < -0.4 is 4.74 Å². The van der Waals surface area contributed by atoms with Crippen molar-refractivity contribution < 1.29 is 13.2 Å². The summed E-state index contributed by atoms with van der Waals surface area (Å²) in [5.74, 6) is 0.365. The fourth-order valence-electron chi connectivity index (χ4n) is 3.55. The standard InChI is InChI=1S/C15H22N2O3S/c1-3-20-14-9-13(5-8-16-14)21(18,19)17-11-15(6-4-7-15)10-12(17)2/h5,8-9,12H,3-4,6-7,10-11H2,1-2H3. The van der Waals surface area contributed by atoms with Crippen LogP contribution in [0.15, 0.2) is 23.2 Å². The van der Waals surface area contributed by atoms with Gasteiger partial charge in [0.15, 0.2) is 0 Å². The van der Waals surface area contributed by atoms with E-state index in [9.17, 15) is 8.42 Å². The van der Waals surface area contributed by atoms with Crippen LogP contribution in [0.3, 0.4) is 0 Å². The predicted molar refractivity (Wildman–Crippen MR) is 79.7 cm³/mol. The lowest BCUT2D eigenvalue weighted by molar-refractivity contribution is 0.152. The van der Waals surface area contributed by atoms with Crippen molar-refractivity contribution in [2.24, 2.45) is 5.41 Å². The Morgan fingerprint density at radius 3 is 2.81 bits per heavy atom. The second kappa shape index (κ2) is 5.25. The number of ether oxygens (including phenoxy) is 1. The van der Waals surface area contributed by atoms with Crippen LogP contribution in [-0.2, 0) is 10.0 Å². The zero-order chi connectivity index (χ0) is 15.1. The van der Waals surface area contributed by atoms with Crippen molar-refractivity contribution in [1.82, 2.24) is 9.29 Å². The predicted octanol–water partition coefficient (Wildman–Crippen LogP) is 2.43. The summed E-state index contributed by atoms with van der Waals surface area (Å²) in [4.78, 5) is 4.32. The zero-order valence-corrected chi connectivity index (χ0v) is 13.4. The lowest BCUT2D eigenvalue weighted by Gasteiger charge is -2.38. The number of nitrogens with zero attached hydrogens (tertiary/aromatic N) is 2. The van der Waals surface area contributed by atoms with Gasteiger partial charge in [-0.05, 0) is 44.6 Å². The van der Waals surface area contributed by atoms with E-state index in [4.69, 9.17) is 4.74 Å². The summed E-state index contributed by atoms with van der Waals surface area (Å²) in [6.07, 6.45) is 6.02. The molecule has 0 radical (unpaired) electrons. The molecule has 116 valence electrons. The molecule has 0 bridgehead atoms. The summed E-state index contributed by atoms with van der Waals surface area (Å²) in [6, 6.07) is 3.15. The average molecular weight is 310 g/mol. The number of rotatable bonds is 4. The molecule has 1 aliphatic heterocycles. The van der Waals surface area contributed by atoms with E-state index in [1.54, 1.807) is 10.4 Å². The van der Waals surface area contributed by atoms with E-state index in [0.29, 0.717) is 19.0 Å². The van der Waals surface area contributed by atoms with Crippen LogP contribution >= 0.6 is 0 Å². The van der Waals surface area contributed by atoms with Gasteiger partial charge in [-0.2, -0.15) is 4.31 Å². The molecule has 2 heterocycles. The minimum absolute atomic E-state index is 0.0685. The van der Waals surface area contributed by atoms with Gasteiger partial charge in [0, 0.05) is 24.8 Å². The van der Waals surface area contributed by atoms with Crippen molar-refractivity contribution in [3.05, 3.63) is 18.3 Å². The van der Waals surface area contributed by atoms with Crippen LogP contribution in [0.5, 0.6) is 5.88 Å². The van der Waals surface area contributed by atoms with E-state index in [1.165, 1.54) is 18.7 Å². The summed E-state index contributed by atoms with van der Waals surface area (Å²) >= 11 is 0. The highest BCUT2D eigenvalue weighted by atomic mass is 32.2. The normalized spacial score (nSPS) is 25.0. The third-order valence-corrected chi connectivity index (χ3v) is 6.69. The zero-order valence-electron chi connectivity index (χ0n) is 12.6. The molecule has 6 heteroatoms. The summed E-state index contributed by atoms with van der Waals surface area (Å²) in [6.45, 7) is 4.99. The molecule has 1 aromatic heterocycles. The first-order valence-electron chi connectivity index (χ1n) is 7.58. The monoisotopic (exact) mass is 310 g/mol. The molecule has 1 saturated heterocycles. The molecular weight excluding hydrogens is 288 g/mol. The molecule has 5 nitrogen and oxygen atoms in total. The summed E-state index contributed by atoms with van der Waals surface area (Å²) < 4.78 is 32.7. The Hall–Kier alpha value is -1.14. The van der Waals surface area contributed by atoms with Crippen molar-refractivity contribution in [3.63, 3.8) is 0 Å². The van der Waals surface area contributed by atoms with Crippen LogP contribution in [0, 0.1) is 5.41 Å². The van der Waals surface area contributed by atoms with Gasteiger partial charge in [0.05, 0.1) is 11.5 Å². The maximum absolute atomic E-state index is 12.9. The number of aromatic nitrogens is 1. The van der Waals surface area contributed by atoms with Crippen molar-refractivity contribution >= 4 is 10.0 Å². The SMILES string of the molecule is CCOc1cc(S(=O)(=O)N2CC3(CCC3)CC2C)ccn1. The third kappa shape index (κ3) is 2.55. The molecule has 1 saturated carbocycles. The third-order valence-electron chi connectivity index (χ3n) is 4.73. The average Bonchev–Trinajstić information content (AvgIpc) is 2.78. The highest BCUT2D eigenvalue weighted by Gasteiger charge is 2.49. The van der Waals surface area contributed by atoms with E-state index in [1.807, 2.05) is 13.8 Å². The second-order valence-electron chi connectivity index (χ2n) is 6.22. The van der Waals surface area contributed by atoms with Gasteiger partial charge in [-0.25, -0.2) is 13.4 Å². The topological polar surface area (TPSA) is 59.5 Å². The number of pyridine rings is 1. The van der Waals surface area contributed by atoms with Crippen molar-refractivity contribution in [2.45, 2.75) is 50.5 Å². The van der Waals surface area contributed by atoms with Crippen LogP contribution in [0.1, 0.15) is 39.5 Å². The highest BCUT2D eigenvalue weighted by Crippen LogP contribution is 2.51. The smallest absolute Gasteiger partial charge is 0.243 e. The maximum Gasteiger partial charge on any atom is 0.243 e. The molecular formula is C15H22N2O3S. The van der Waals surface area contributed by atoms with Gasteiger partial charge in [0.25, 0.3) is 0 Å². The van der Waals surface area contributed by atoms with Gasteiger partial charge in [-0.1, -0.05) is 6.42 Å². The molecule has 3 rings (SSSR count). The van der Waals surface area contributed by atoms with E-state index in [0.717, 1.165) is 19.3 Å². The van der Waals surface area contributed by atoms with Gasteiger partial charge in [0.2, 0.25) is 15.9 Å². The molecule has 2 fully saturated rings. The Balaban J connectivity index is 1.88. The van der Waals surface area contributed by atoms with Crippen LogP contribution in [0.4, 0.5) is 0 Å². The first-order chi connectivity index (χ1) is 9.97. The Kier molecular flexibility index (Phi) is 3.69. The summed E-state index contributed by atoms with van der Waals surface area (Å²) in [5, 5.41) is 0. The fraction of sp³-hybridized carbons (Fsp3) is 0.667. The molecule has 1 unspecified atom stereocenters. The Labute approximate surface area is 126 Å². The Bertz CT molecular complexity index is 626. The van der Waals surface area contributed by atoms with Crippen molar-refractivity contribution in [3.8, 4) is 5.88 Å². The van der Waals surface area contributed by atoms with Gasteiger partial charge in [-0.3, -0.25) is 0 Å². The lowest BCUT2D eigenvalue weighted by atomic mass is 9.68. The van der Waals surface area contributed by atoms with E-state index in [-0.39, 0.29) is 16.4 Å². The van der Waals surface area contributed by atoms with E-state index >= 15 is 0 Å². The minimum atomic E-state index is -3.46. The largest absolute Gasteiger partial charge is 0.478 e. The van der Waals surface area contributed by atoms with E-state index in [2.05, 4.69) is 4.98 Å². The molecule has 1 spiro atoms. The number of hydrogen-bond acceptors (Lipinski definition) is 4. The molecule has 1 aromatic rings. The molecule has 1 aliphatic carbocycles. The van der Waals surface area contributed by atoms with Crippen LogP contribution in [0.25, 0.3) is 0 Å². The Morgan fingerprint density at radius 1 is 1.48 bits per heavy atom. The van der Waals surface area contributed by atoms with Gasteiger partial charge >= 0.3 is 0 Å². The minimum Gasteiger partial charge on any atom is -0.478 e. The summed E-state index contributed by atoms with van der Waals surface area (Å²) in [5.41, 5.74) is 0.238. The number of sulfonamides is 1. The first kappa shape index (κ1) is 14.8. The summed E-state index contributed by atoms with van der Waals surface area (Å²) in [7, 11) is -3.46. The molecule has 2 aliphatic rings. The number of hydrogen-bond donors (Lipinski definition) is 0. The Morgan fingerprint density at radius 2 is 2.24 bits per heavy atom. The second-order valence-corrected chi connectivity index (χ2v) is 8.11. The maximum atomic E-state index is 12.9. The molecule has 0 amide bonds. The molecule has 21 heavy (non-hydrogen) atoms. The van der Waals surface area contributed by atoms with Crippen LogP contribution in [0.2, 0.25) is 0 Å². The lowest BCUT2D eigenvalue weighted by Crippen LogP contribution is -2.37. The quantitative estimate of drug-likeness (QED) is 0.857. The molecule has 0 N–H and O–H groups in total. The van der Waals surface area contributed by atoms with Crippen molar-refractivity contribution in [2.75, 3.05) is 13.2 Å². The van der Waals surface area contributed by atoms with Crippen molar-refractivity contribution in [1.29, 1.82) is 0 Å². The van der Waals surface area contributed by atoms with E-state index < -0.39 is 10.0 Å². The fourth-order valence-corrected chi connectivity index (χ4v) is 5.30. The van der Waals surface area contributed by atoms with Gasteiger partial charge < -0.3 is 4.74 Å². The highest BCUT2D eigenvalue weighted by molar-refractivity contribution is 7.89. The first-order valence-corrected chi connectivity index (χ1v) is 9.02. The van der Waals surface area contributed by atoms with Crippen LogP contribution in [-0.4, -0.2) is 36.9 Å². The van der Waals surface area contributed by atoms with Gasteiger partial charge in [0.1, 0.15) is 0 Å².